The SMILES string of the molecule is CCCSc1ccc(CNNc2ccccc2)cc1. The predicted octanol–water partition coefficient (Wildman–Crippen LogP) is 4.31. The topological polar surface area (TPSA) is 24.1 Å². The van der Waals surface area contributed by atoms with E-state index in [0.29, 0.717) is 0 Å². The second kappa shape index (κ2) is 7.87. The third kappa shape index (κ3) is 4.97. The van der Waals surface area contributed by atoms with Crippen LogP contribution in [0.1, 0.15) is 18.9 Å². The molecule has 2 rings (SSSR count). The van der Waals surface area contributed by atoms with Gasteiger partial charge in [-0.05, 0) is 42.0 Å². The molecule has 0 fully saturated rings. The number of anilines is 1. The Balaban J connectivity index is 1.77. The van der Waals surface area contributed by atoms with E-state index < -0.39 is 0 Å². The van der Waals surface area contributed by atoms with Crippen molar-refractivity contribution in [2.45, 2.75) is 24.8 Å². The molecule has 0 unspecified atom stereocenters. The lowest BCUT2D eigenvalue weighted by Crippen LogP contribution is -2.20. The quantitative estimate of drug-likeness (QED) is 0.580. The van der Waals surface area contributed by atoms with Gasteiger partial charge in [-0.1, -0.05) is 37.3 Å². The molecule has 0 heterocycles. The van der Waals surface area contributed by atoms with Gasteiger partial charge in [-0.3, -0.25) is 0 Å². The molecule has 0 bridgehead atoms. The predicted molar refractivity (Wildman–Crippen MR) is 84.4 cm³/mol. The lowest BCUT2D eigenvalue weighted by atomic mass is 10.2. The zero-order chi connectivity index (χ0) is 13.3. The van der Waals surface area contributed by atoms with Gasteiger partial charge in [-0.15, -0.1) is 11.8 Å². The van der Waals surface area contributed by atoms with Gasteiger partial charge in [0.2, 0.25) is 0 Å². The van der Waals surface area contributed by atoms with Crippen LogP contribution < -0.4 is 10.9 Å². The highest BCUT2D eigenvalue weighted by Crippen LogP contribution is 2.18. The Kier molecular flexibility index (Phi) is 5.79. The Bertz CT molecular complexity index is 468. The monoisotopic (exact) mass is 272 g/mol. The summed E-state index contributed by atoms with van der Waals surface area (Å²) in [6.45, 7) is 3.02. The average molecular weight is 272 g/mol. The van der Waals surface area contributed by atoms with Crippen LogP contribution in [0.15, 0.2) is 59.5 Å². The second-order valence-electron chi connectivity index (χ2n) is 4.34. The number of benzene rings is 2. The summed E-state index contributed by atoms with van der Waals surface area (Å²) in [5, 5.41) is 0. The molecule has 2 aromatic rings. The fraction of sp³-hybridized carbons (Fsp3) is 0.250. The van der Waals surface area contributed by atoms with Gasteiger partial charge in [0.1, 0.15) is 0 Å². The number of nitrogens with one attached hydrogen (secondary N) is 2. The molecular weight excluding hydrogens is 252 g/mol. The fourth-order valence-corrected chi connectivity index (χ4v) is 2.46. The van der Waals surface area contributed by atoms with Crippen molar-refractivity contribution in [2.24, 2.45) is 0 Å². The highest BCUT2D eigenvalue weighted by atomic mass is 32.2. The first kappa shape index (κ1) is 14.0. The number of para-hydroxylation sites is 1. The van der Waals surface area contributed by atoms with Crippen LogP contribution in [0.4, 0.5) is 5.69 Å². The molecule has 0 amide bonds. The summed E-state index contributed by atoms with van der Waals surface area (Å²) in [4.78, 5) is 1.35. The maximum Gasteiger partial charge on any atom is 0.0487 e. The van der Waals surface area contributed by atoms with Crippen molar-refractivity contribution in [1.29, 1.82) is 0 Å². The largest absolute Gasteiger partial charge is 0.321 e. The molecule has 0 aliphatic heterocycles. The first-order chi connectivity index (χ1) is 9.38. The Morgan fingerprint density at radius 1 is 0.947 bits per heavy atom. The smallest absolute Gasteiger partial charge is 0.0487 e. The van der Waals surface area contributed by atoms with E-state index >= 15 is 0 Å². The number of hydrogen-bond donors (Lipinski definition) is 2. The molecule has 19 heavy (non-hydrogen) atoms. The van der Waals surface area contributed by atoms with Crippen LogP contribution in [0.2, 0.25) is 0 Å². The molecule has 2 nitrogen and oxygen atoms in total. The number of hydrazine groups is 1. The van der Waals surface area contributed by atoms with E-state index in [-0.39, 0.29) is 0 Å². The van der Waals surface area contributed by atoms with Crippen LogP contribution in [0.25, 0.3) is 0 Å². The Labute approximate surface area is 119 Å². The van der Waals surface area contributed by atoms with E-state index in [0.717, 1.165) is 12.2 Å². The van der Waals surface area contributed by atoms with Gasteiger partial charge in [0.05, 0.1) is 0 Å². The zero-order valence-electron chi connectivity index (χ0n) is 11.2. The average Bonchev–Trinajstić information content (AvgIpc) is 2.47. The van der Waals surface area contributed by atoms with E-state index in [1.165, 1.54) is 22.6 Å². The van der Waals surface area contributed by atoms with Crippen LogP contribution >= 0.6 is 11.8 Å². The van der Waals surface area contributed by atoms with Gasteiger partial charge >= 0.3 is 0 Å². The van der Waals surface area contributed by atoms with E-state index in [1.807, 2.05) is 42.1 Å². The normalized spacial score (nSPS) is 10.4. The van der Waals surface area contributed by atoms with Crippen LogP contribution in [0, 0.1) is 0 Å². The van der Waals surface area contributed by atoms with Crippen molar-refractivity contribution < 1.29 is 0 Å². The molecule has 0 spiro atoms. The maximum absolute atomic E-state index is 3.22. The summed E-state index contributed by atoms with van der Waals surface area (Å²) in [7, 11) is 0. The van der Waals surface area contributed by atoms with Crippen LogP contribution in [0.3, 0.4) is 0 Å². The van der Waals surface area contributed by atoms with Gasteiger partial charge < -0.3 is 5.43 Å². The summed E-state index contributed by atoms with van der Waals surface area (Å²) < 4.78 is 0. The molecule has 3 heteroatoms. The Morgan fingerprint density at radius 3 is 2.37 bits per heavy atom. The summed E-state index contributed by atoms with van der Waals surface area (Å²) in [5.74, 6) is 1.19. The third-order valence-electron chi connectivity index (χ3n) is 2.70. The number of thioether (sulfide) groups is 1. The molecule has 0 radical (unpaired) electrons. The standard InChI is InChI=1S/C16H20N2S/c1-2-12-19-16-10-8-14(9-11-16)13-17-18-15-6-4-3-5-7-15/h3-11,17-18H,2,12-13H2,1H3. The van der Waals surface area contributed by atoms with Crippen molar-refractivity contribution in [3.05, 3.63) is 60.2 Å². The molecule has 0 atom stereocenters. The highest BCUT2D eigenvalue weighted by molar-refractivity contribution is 7.99. The lowest BCUT2D eigenvalue weighted by molar-refractivity contribution is 0.800. The fourth-order valence-electron chi connectivity index (χ4n) is 1.69. The zero-order valence-corrected chi connectivity index (χ0v) is 12.0. The molecular formula is C16H20N2S. The lowest BCUT2D eigenvalue weighted by Gasteiger charge is -2.08. The molecule has 0 aromatic heterocycles. The molecule has 100 valence electrons. The van der Waals surface area contributed by atoms with E-state index in [4.69, 9.17) is 0 Å². The minimum Gasteiger partial charge on any atom is -0.321 e. The van der Waals surface area contributed by atoms with Gasteiger partial charge in [-0.25, -0.2) is 5.43 Å². The van der Waals surface area contributed by atoms with Gasteiger partial charge in [0, 0.05) is 17.1 Å². The molecule has 2 N–H and O–H groups in total. The second-order valence-corrected chi connectivity index (χ2v) is 5.51. The first-order valence-corrected chi connectivity index (χ1v) is 7.62. The minimum absolute atomic E-state index is 0.813. The van der Waals surface area contributed by atoms with Crippen molar-refractivity contribution >= 4 is 17.4 Å². The van der Waals surface area contributed by atoms with Crippen LogP contribution in [-0.4, -0.2) is 5.75 Å². The minimum atomic E-state index is 0.813. The molecule has 0 saturated heterocycles. The third-order valence-corrected chi connectivity index (χ3v) is 3.91. The number of rotatable bonds is 7. The number of hydrogen-bond acceptors (Lipinski definition) is 3. The summed E-state index contributed by atoms with van der Waals surface area (Å²) in [6, 6.07) is 18.9. The summed E-state index contributed by atoms with van der Waals surface area (Å²) >= 11 is 1.91. The molecule has 0 saturated carbocycles. The van der Waals surface area contributed by atoms with Crippen molar-refractivity contribution in [3.8, 4) is 0 Å². The summed E-state index contributed by atoms with van der Waals surface area (Å²) in [6.07, 6.45) is 1.22. The molecule has 0 aliphatic rings. The van der Waals surface area contributed by atoms with E-state index in [1.54, 1.807) is 0 Å². The Hall–Kier alpha value is -1.45. The molecule has 2 aromatic carbocycles. The summed E-state index contributed by atoms with van der Waals surface area (Å²) in [5.41, 5.74) is 8.77. The van der Waals surface area contributed by atoms with Gasteiger partial charge in [0.15, 0.2) is 0 Å². The highest BCUT2D eigenvalue weighted by Gasteiger charge is 1.95. The van der Waals surface area contributed by atoms with Crippen molar-refractivity contribution in [1.82, 2.24) is 5.43 Å². The van der Waals surface area contributed by atoms with E-state index in [9.17, 15) is 0 Å². The maximum atomic E-state index is 3.22. The van der Waals surface area contributed by atoms with Crippen LogP contribution in [-0.2, 0) is 6.54 Å². The first-order valence-electron chi connectivity index (χ1n) is 6.64. The Morgan fingerprint density at radius 2 is 1.68 bits per heavy atom. The van der Waals surface area contributed by atoms with Crippen LogP contribution in [0.5, 0.6) is 0 Å². The van der Waals surface area contributed by atoms with Crippen molar-refractivity contribution in [3.63, 3.8) is 0 Å². The molecule has 0 aliphatic carbocycles. The van der Waals surface area contributed by atoms with Crippen molar-refractivity contribution in [2.75, 3.05) is 11.2 Å². The van der Waals surface area contributed by atoms with Gasteiger partial charge in [0.25, 0.3) is 0 Å². The van der Waals surface area contributed by atoms with E-state index in [2.05, 4.69) is 42.0 Å². The van der Waals surface area contributed by atoms with Gasteiger partial charge in [-0.2, -0.15) is 0 Å².